The zero-order chi connectivity index (χ0) is 15.3. The van der Waals surface area contributed by atoms with Crippen LogP contribution < -0.4 is 4.74 Å². The smallest absolute Gasteiger partial charge is 0.372 e. The van der Waals surface area contributed by atoms with Gasteiger partial charge in [0.2, 0.25) is 5.75 Å². The molecule has 0 spiro atoms. The maximum absolute atomic E-state index is 13.6. The van der Waals surface area contributed by atoms with Gasteiger partial charge in [0, 0.05) is 0 Å². The monoisotopic (exact) mass is 304 g/mol. The Bertz CT molecular complexity index is 494. The number of carbonyl (C=O) groups is 2. The van der Waals surface area contributed by atoms with Crippen LogP contribution in [0.2, 0.25) is 0 Å². The fourth-order valence-corrected chi connectivity index (χ4v) is 1.41. The number of rotatable bonds is 4. The van der Waals surface area contributed by atoms with E-state index < -0.39 is 28.7 Å². The quantitative estimate of drug-likeness (QED) is 0.797. The van der Waals surface area contributed by atoms with Gasteiger partial charge in [-0.15, -0.1) is 0 Å². The van der Waals surface area contributed by atoms with Gasteiger partial charge in [-0.1, -0.05) is 13.8 Å². The Morgan fingerprint density at radius 1 is 1.25 bits per heavy atom. The summed E-state index contributed by atoms with van der Waals surface area (Å²) in [7, 11) is 0. The fraction of sp³-hybridized carbons (Fsp3) is 0.385. The van der Waals surface area contributed by atoms with Crippen molar-refractivity contribution in [1.29, 1.82) is 0 Å². The molecular weight excluding hydrogens is 290 g/mol. The van der Waals surface area contributed by atoms with Crippen molar-refractivity contribution in [2.24, 2.45) is 5.92 Å². The Morgan fingerprint density at radius 2 is 1.80 bits per heavy atom. The standard InChI is InChI=1S/C13H14F2O4S/c1-7(2)12(16)18-6-8-4-9(14)11(10(15)5-8)19-13(17)20-3/h4-5,7H,6H2,1-3H3. The Morgan fingerprint density at radius 3 is 2.25 bits per heavy atom. The van der Waals surface area contributed by atoms with Crippen molar-refractivity contribution in [2.45, 2.75) is 20.5 Å². The Kier molecular flexibility index (Phi) is 5.94. The van der Waals surface area contributed by atoms with Crippen LogP contribution in [0.15, 0.2) is 12.1 Å². The highest BCUT2D eigenvalue weighted by Gasteiger charge is 2.17. The van der Waals surface area contributed by atoms with Gasteiger partial charge >= 0.3 is 11.3 Å². The van der Waals surface area contributed by atoms with E-state index in [0.717, 1.165) is 12.1 Å². The van der Waals surface area contributed by atoms with Gasteiger partial charge < -0.3 is 9.47 Å². The molecule has 0 saturated carbocycles. The number of thioether (sulfide) groups is 1. The van der Waals surface area contributed by atoms with Crippen molar-refractivity contribution in [2.75, 3.05) is 6.26 Å². The van der Waals surface area contributed by atoms with E-state index >= 15 is 0 Å². The largest absolute Gasteiger partial charge is 0.461 e. The van der Waals surface area contributed by atoms with Crippen LogP contribution in [-0.4, -0.2) is 17.5 Å². The zero-order valence-corrected chi connectivity index (χ0v) is 12.1. The molecule has 0 aliphatic rings. The lowest BCUT2D eigenvalue weighted by Crippen LogP contribution is -2.12. The Balaban J connectivity index is 2.82. The fourth-order valence-electron chi connectivity index (χ4n) is 1.24. The molecule has 7 heteroatoms. The zero-order valence-electron chi connectivity index (χ0n) is 11.2. The Labute approximate surface area is 119 Å². The average Bonchev–Trinajstić information content (AvgIpc) is 2.39. The molecule has 0 atom stereocenters. The van der Waals surface area contributed by atoms with Crippen LogP contribution in [0.4, 0.5) is 13.6 Å². The van der Waals surface area contributed by atoms with E-state index in [-0.39, 0.29) is 18.1 Å². The van der Waals surface area contributed by atoms with E-state index in [1.807, 2.05) is 0 Å². The van der Waals surface area contributed by atoms with E-state index in [4.69, 9.17) is 4.74 Å². The first kappa shape index (κ1) is 16.4. The summed E-state index contributed by atoms with van der Waals surface area (Å²) in [5.41, 5.74) is 0.137. The highest BCUT2D eigenvalue weighted by Crippen LogP contribution is 2.25. The highest BCUT2D eigenvalue weighted by atomic mass is 32.2. The molecule has 0 unspecified atom stereocenters. The number of benzene rings is 1. The summed E-state index contributed by atoms with van der Waals surface area (Å²) in [5.74, 6) is -3.61. The van der Waals surface area contributed by atoms with Crippen molar-refractivity contribution in [3.63, 3.8) is 0 Å². The lowest BCUT2D eigenvalue weighted by molar-refractivity contribution is -0.148. The average molecular weight is 304 g/mol. The molecule has 0 aromatic heterocycles. The normalized spacial score (nSPS) is 10.5. The molecule has 0 fully saturated rings. The van der Waals surface area contributed by atoms with Crippen LogP contribution in [0, 0.1) is 17.6 Å². The molecule has 0 heterocycles. The molecule has 0 aliphatic heterocycles. The number of carbonyl (C=O) groups excluding carboxylic acids is 2. The number of halogens is 2. The van der Waals surface area contributed by atoms with Gasteiger partial charge in [0.1, 0.15) is 6.61 Å². The summed E-state index contributed by atoms with van der Waals surface area (Å²) in [5, 5.41) is -0.818. The molecule has 20 heavy (non-hydrogen) atoms. The van der Waals surface area contributed by atoms with Crippen molar-refractivity contribution >= 4 is 23.0 Å². The topological polar surface area (TPSA) is 52.6 Å². The Hall–Kier alpha value is -1.63. The molecule has 110 valence electrons. The molecule has 4 nitrogen and oxygen atoms in total. The van der Waals surface area contributed by atoms with E-state index in [0.29, 0.717) is 11.8 Å². The van der Waals surface area contributed by atoms with Crippen LogP contribution in [0.25, 0.3) is 0 Å². The van der Waals surface area contributed by atoms with Crippen molar-refractivity contribution in [3.05, 3.63) is 29.3 Å². The minimum Gasteiger partial charge on any atom is -0.461 e. The third-order valence-corrected chi connectivity index (χ3v) is 2.68. The lowest BCUT2D eigenvalue weighted by atomic mass is 10.2. The predicted octanol–water partition coefficient (Wildman–Crippen LogP) is 3.53. The highest BCUT2D eigenvalue weighted by molar-refractivity contribution is 8.12. The van der Waals surface area contributed by atoms with E-state index in [2.05, 4.69) is 4.74 Å². The third-order valence-electron chi connectivity index (χ3n) is 2.26. The minimum absolute atomic E-state index is 0.137. The molecule has 1 aromatic carbocycles. The first-order valence-electron chi connectivity index (χ1n) is 5.75. The number of esters is 1. The van der Waals surface area contributed by atoms with Crippen LogP contribution >= 0.6 is 11.8 Å². The molecule has 1 aromatic rings. The molecule has 0 bridgehead atoms. The first-order chi connectivity index (χ1) is 9.35. The van der Waals surface area contributed by atoms with Crippen LogP contribution in [0.1, 0.15) is 19.4 Å². The van der Waals surface area contributed by atoms with Gasteiger partial charge in [0.15, 0.2) is 11.6 Å². The van der Waals surface area contributed by atoms with Crippen molar-refractivity contribution in [3.8, 4) is 5.75 Å². The summed E-state index contributed by atoms with van der Waals surface area (Å²) in [4.78, 5) is 22.3. The van der Waals surface area contributed by atoms with Crippen LogP contribution in [0.3, 0.4) is 0 Å². The molecule has 0 N–H and O–H groups in total. The van der Waals surface area contributed by atoms with Crippen molar-refractivity contribution in [1.82, 2.24) is 0 Å². The number of hydrogen-bond donors (Lipinski definition) is 0. The summed E-state index contributed by atoms with van der Waals surface area (Å²) in [6, 6.07) is 1.92. The second kappa shape index (κ2) is 7.23. The first-order valence-corrected chi connectivity index (χ1v) is 6.98. The minimum atomic E-state index is -1.03. The molecule has 1 rings (SSSR count). The van der Waals surface area contributed by atoms with Gasteiger partial charge in [0.05, 0.1) is 5.92 Å². The van der Waals surface area contributed by atoms with Gasteiger partial charge in [-0.05, 0) is 35.7 Å². The molecular formula is C13H14F2O4S. The summed E-state index contributed by atoms with van der Waals surface area (Å²) >= 11 is 0.695. The second-order valence-corrected chi connectivity index (χ2v) is 4.95. The van der Waals surface area contributed by atoms with Crippen LogP contribution in [-0.2, 0) is 16.1 Å². The predicted molar refractivity (Wildman–Crippen MR) is 70.5 cm³/mol. The molecule has 0 aliphatic carbocycles. The van der Waals surface area contributed by atoms with Crippen molar-refractivity contribution < 1.29 is 27.8 Å². The van der Waals surface area contributed by atoms with E-state index in [9.17, 15) is 18.4 Å². The summed E-state index contributed by atoms with van der Waals surface area (Å²) in [6.45, 7) is 3.05. The summed E-state index contributed by atoms with van der Waals surface area (Å²) < 4.78 is 36.6. The third kappa shape index (κ3) is 4.48. The van der Waals surface area contributed by atoms with Gasteiger partial charge in [-0.3, -0.25) is 4.79 Å². The SMILES string of the molecule is CSC(=O)Oc1c(F)cc(COC(=O)C(C)C)cc1F. The molecule has 0 saturated heterocycles. The number of hydrogen-bond acceptors (Lipinski definition) is 5. The van der Waals surface area contributed by atoms with E-state index in [1.165, 1.54) is 6.26 Å². The van der Waals surface area contributed by atoms with E-state index in [1.54, 1.807) is 13.8 Å². The van der Waals surface area contributed by atoms with Gasteiger partial charge in [-0.25, -0.2) is 13.6 Å². The second-order valence-electron chi connectivity index (χ2n) is 4.21. The van der Waals surface area contributed by atoms with Gasteiger partial charge in [0.25, 0.3) is 0 Å². The molecule has 0 radical (unpaired) electrons. The number of ether oxygens (including phenoxy) is 2. The maximum Gasteiger partial charge on any atom is 0.372 e. The van der Waals surface area contributed by atoms with Crippen LogP contribution in [0.5, 0.6) is 5.75 Å². The molecule has 0 amide bonds. The lowest BCUT2D eigenvalue weighted by Gasteiger charge is -2.09. The summed E-state index contributed by atoms with van der Waals surface area (Å²) in [6.07, 6.45) is 1.43. The maximum atomic E-state index is 13.6. The van der Waals surface area contributed by atoms with Gasteiger partial charge in [-0.2, -0.15) is 0 Å².